The maximum atomic E-state index is 10.3. The molecule has 0 radical (unpaired) electrons. The van der Waals surface area contributed by atoms with Crippen LogP contribution in [-0.4, -0.2) is 29.3 Å². The number of rotatable bonds is 4. The molecule has 0 aliphatic rings. The Morgan fingerprint density at radius 3 is 2.27 bits per heavy atom. The normalized spacial score (nSPS) is 14.4. The maximum absolute atomic E-state index is 10.3. The molecule has 0 aromatic rings. The van der Waals surface area contributed by atoms with Crippen LogP contribution in [0, 0.1) is 0 Å². The Morgan fingerprint density at radius 2 is 2.00 bits per heavy atom. The van der Waals surface area contributed by atoms with Gasteiger partial charge >= 0.3 is 5.97 Å². The molecule has 0 heterocycles. The van der Waals surface area contributed by atoms with Crippen LogP contribution in [0.2, 0.25) is 0 Å². The van der Waals surface area contributed by atoms with Gasteiger partial charge in [-0.2, -0.15) is 8.42 Å². The van der Waals surface area contributed by atoms with Crippen LogP contribution in [0.1, 0.15) is 19.8 Å². The summed E-state index contributed by atoms with van der Waals surface area (Å²) in [6.45, 7) is 1.26. The van der Waals surface area contributed by atoms with Crippen LogP contribution >= 0.6 is 0 Å². The van der Waals surface area contributed by atoms with Crippen molar-refractivity contribution < 1.29 is 22.9 Å². The fourth-order valence-corrected chi connectivity index (χ4v) is 0.891. The standard InChI is InChI=1S/C5H10O5S/c1-4(11(8,9)10)2-3-5(6)7/h4H,2-3H2,1H3,(H,6,7)(H,8,9,10). The van der Waals surface area contributed by atoms with Crippen molar-refractivity contribution in [3.05, 3.63) is 0 Å². The first-order chi connectivity index (χ1) is 4.84. The molecule has 0 aliphatic carbocycles. The molecule has 6 heteroatoms. The molecule has 0 aromatic heterocycles. The molecule has 0 rings (SSSR count). The van der Waals surface area contributed by atoms with E-state index in [0.717, 1.165) is 0 Å². The molecule has 0 spiro atoms. The van der Waals surface area contributed by atoms with Crippen molar-refractivity contribution in [1.29, 1.82) is 0 Å². The minimum atomic E-state index is -4.06. The highest BCUT2D eigenvalue weighted by Gasteiger charge is 2.17. The van der Waals surface area contributed by atoms with Gasteiger partial charge in [-0.1, -0.05) is 0 Å². The summed E-state index contributed by atoms with van der Waals surface area (Å²) in [4.78, 5) is 9.95. The molecular formula is C5H10O5S. The van der Waals surface area contributed by atoms with Crippen LogP contribution in [0.4, 0.5) is 0 Å². The van der Waals surface area contributed by atoms with Crippen molar-refractivity contribution in [2.24, 2.45) is 0 Å². The van der Waals surface area contributed by atoms with Crippen molar-refractivity contribution in [3.63, 3.8) is 0 Å². The molecule has 11 heavy (non-hydrogen) atoms. The highest BCUT2D eigenvalue weighted by Crippen LogP contribution is 2.05. The Bertz CT molecular complexity index is 229. The summed E-state index contributed by atoms with van der Waals surface area (Å²) in [5, 5.41) is 7.15. The van der Waals surface area contributed by atoms with Crippen LogP contribution in [0.15, 0.2) is 0 Å². The smallest absolute Gasteiger partial charge is 0.303 e. The summed E-state index contributed by atoms with van der Waals surface area (Å²) in [5.41, 5.74) is 0. The molecular weight excluding hydrogens is 172 g/mol. The van der Waals surface area contributed by atoms with E-state index in [1.165, 1.54) is 6.92 Å². The molecule has 5 nitrogen and oxygen atoms in total. The summed E-state index contributed by atoms with van der Waals surface area (Å²) in [5.74, 6) is -1.07. The zero-order valence-corrected chi connectivity index (χ0v) is 6.84. The van der Waals surface area contributed by atoms with Crippen LogP contribution in [-0.2, 0) is 14.9 Å². The summed E-state index contributed by atoms with van der Waals surface area (Å²) < 4.78 is 29.0. The van der Waals surface area contributed by atoms with Crippen molar-refractivity contribution >= 4 is 16.1 Å². The lowest BCUT2D eigenvalue weighted by molar-refractivity contribution is -0.137. The second-order valence-electron chi connectivity index (χ2n) is 2.26. The van der Waals surface area contributed by atoms with Crippen LogP contribution in [0.5, 0.6) is 0 Å². The second kappa shape index (κ2) is 3.68. The van der Waals surface area contributed by atoms with Crippen molar-refractivity contribution in [2.75, 3.05) is 0 Å². The molecule has 0 saturated heterocycles. The van der Waals surface area contributed by atoms with Crippen molar-refractivity contribution in [3.8, 4) is 0 Å². The number of aliphatic carboxylic acids is 1. The zero-order valence-electron chi connectivity index (χ0n) is 6.02. The van der Waals surface area contributed by atoms with Crippen LogP contribution < -0.4 is 0 Å². The second-order valence-corrected chi connectivity index (χ2v) is 4.09. The van der Waals surface area contributed by atoms with Gasteiger partial charge in [-0.15, -0.1) is 0 Å². The Hall–Kier alpha value is -0.620. The molecule has 0 aromatic carbocycles. The average molecular weight is 182 g/mol. The summed E-state index contributed by atoms with van der Waals surface area (Å²) in [6, 6.07) is 0. The predicted molar refractivity (Wildman–Crippen MR) is 37.9 cm³/mol. The Labute approximate surface area is 64.8 Å². The van der Waals surface area contributed by atoms with Gasteiger partial charge in [0, 0.05) is 6.42 Å². The third-order valence-corrected chi connectivity index (χ3v) is 2.53. The minimum absolute atomic E-state index is 0.0613. The molecule has 0 fully saturated rings. The third-order valence-electron chi connectivity index (χ3n) is 1.27. The highest BCUT2D eigenvalue weighted by molar-refractivity contribution is 7.86. The van der Waals surface area contributed by atoms with Gasteiger partial charge in [-0.3, -0.25) is 9.35 Å². The fourth-order valence-electron chi connectivity index (χ4n) is 0.476. The van der Waals surface area contributed by atoms with Gasteiger partial charge in [0.25, 0.3) is 10.1 Å². The summed E-state index contributed by atoms with van der Waals surface area (Å²) >= 11 is 0. The third kappa shape index (κ3) is 4.74. The number of carbonyl (C=O) groups is 1. The van der Waals surface area contributed by atoms with Gasteiger partial charge in [-0.05, 0) is 13.3 Å². The lowest BCUT2D eigenvalue weighted by Crippen LogP contribution is -2.17. The van der Waals surface area contributed by atoms with Gasteiger partial charge in [0.05, 0.1) is 5.25 Å². The zero-order chi connectivity index (χ0) is 9.07. The quantitative estimate of drug-likeness (QED) is 0.603. The van der Waals surface area contributed by atoms with Crippen molar-refractivity contribution in [1.82, 2.24) is 0 Å². The first kappa shape index (κ1) is 10.4. The maximum Gasteiger partial charge on any atom is 0.303 e. The van der Waals surface area contributed by atoms with E-state index in [-0.39, 0.29) is 12.8 Å². The summed E-state index contributed by atoms with van der Waals surface area (Å²) in [7, 11) is -4.06. The first-order valence-electron chi connectivity index (χ1n) is 3.02. The van der Waals surface area contributed by atoms with Crippen molar-refractivity contribution in [2.45, 2.75) is 25.0 Å². The molecule has 1 unspecified atom stereocenters. The Balaban J connectivity index is 3.90. The van der Waals surface area contributed by atoms with E-state index in [2.05, 4.69) is 0 Å². The van der Waals surface area contributed by atoms with E-state index in [1.54, 1.807) is 0 Å². The molecule has 1 atom stereocenters. The van der Waals surface area contributed by atoms with Gasteiger partial charge in [0.2, 0.25) is 0 Å². The van der Waals surface area contributed by atoms with Crippen LogP contribution in [0.25, 0.3) is 0 Å². The van der Waals surface area contributed by atoms with Gasteiger partial charge in [0.15, 0.2) is 0 Å². The van der Waals surface area contributed by atoms with Crippen LogP contribution in [0.3, 0.4) is 0 Å². The average Bonchev–Trinajstić information content (AvgIpc) is 1.80. The molecule has 2 N–H and O–H groups in total. The monoisotopic (exact) mass is 182 g/mol. The molecule has 0 aliphatic heterocycles. The molecule has 66 valence electrons. The van der Waals surface area contributed by atoms with E-state index in [4.69, 9.17) is 9.66 Å². The Kier molecular flexibility index (Phi) is 3.47. The van der Waals surface area contributed by atoms with E-state index >= 15 is 0 Å². The lowest BCUT2D eigenvalue weighted by Gasteiger charge is -2.04. The lowest BCUT2D eigenvalue weighted by atomic mass is 10.2. The highest BCUT2D eigenvalue weighted by atomic mass is 32.2. The fraction of sp³-hybridized carbons (Fsp3) is 0.800. The largest absolute Gasteiger partial charge is 0.481 e. The SMILES string of the molecule is CC(CCC(=O)O)S(=O)(=O)O. The van der Waals surface area contributed by atoms with E-state index in [0.29, 0.717) is 0 Å². The Morgan fingerprint density at radius 1 is 1.55 bits per heavy atom. The van der Waals surface area contributed by atoms with E-state index < -0.39 is 21.3 Å². The molecule has 0 saturated carbocycles. The number of carboxylic acid groups (broad SMARTS) is 1. The first-order valence-corrected chi connectivity index (χ1v) is 4.52. The van der Waals surface area contributed by atoms with E-state index in [1.807, 2.05) is 0 Å². The minimum Gasteiger partial charge on any atom is -0.481 e. The number of carboxylic acids is 1. The van der Waals surface area contributed by atoms with E-state index in [9.17, 15) is 13.2 Å². The number of hydrogen-bond acceptors (Lipinski definition) is 3. The van der Waals surface area contributed by atoms with Gasteiger partial charge in [-0.25, -0.2) is 0 Å². The van der Waals surface area contributed by atoms with Gasteiger partial charge in [0.1, 0.15) is 0 Å². The number of hydrogen-bond donors (Lipinski definition) is 2. The topological polar surface area (TPSA) is 91.7 Å². The molecule has 0 bridgehead atoms. The predicted octanol–water partition coefficient (Wildman–Crippen LogP) is 0.128. The summed E-state index contributed by atoms with van der Waals surface area (Å²) in [6.07, 6.45) is -0.310. The van der Waals surface area contributed by atoms with Gasteiger partial charge < -0.3 is 5.11 Å². The molecule has 0 amide bonds.